The average molecular weight is 268 g/mol. The highest BCUT2D eigenvalue weighted by Gasteiger charge is 2.15. The molecular weight excluding hydrogens is 256 g/mol. The van der Waals surface area contributed by atoms with Gasteiger partial charge in [0.25, 0.3) is 5.91 Å². The molecule has 3 aromatic rings. The lowest BCUT2D eigenvalue weighted by atomic mass is 10.1. The van der Waals surface area contributed by atoms with E-state index in [0.29, 0.717) is 5.56 Å². The van der Waals surface area contributed by atoms with E-state index in [-0.39, 0.29) is 5.91 Å². The number of amides is 1. The number of anilines is 1. The van der Waals surface area contributed by atoms with Gasteiger partial charge in [-0.2, -0.15) is 11.3 Å². The molecule has 3 nitrogen and oxygen atoms in total. The largest absolute Gasteiger partial charge is 0.311 e. The van der Waals surface area contributed by atoms with Gasteiger partial charge in [0.15, 0.2) is 0 Å². The first-order chi connectivity index (χ1) is 9.27. The molecule has 4 heteroatoms. The molecule has 3 rings (SSSR count). The fourth-order valence-corrected chi connectivity index (χ4v) is 2.70. The summed E-state index contributed by atoms with van der Waals surface area (Å²) in [6.45, 7) is 0. The summed E-state index contributed by atoms with van der Waals surface area (Å²) >= 11 is 1.52. The summed E-state index contributed by atoms with van der Waals surface area (Å²) in [6, 6.07) is 11.5. The Morgan fingerprint density at radius 3 is 2.89 bits per heavy atom. The standard InChI is InChI=1S/C15H12N2OS/c1-17(15(18)11-7-9-19-10-11)14-6-2-5-13-12(14)4-3-8-16-13/h2-10H,1H3. The average Bonchev–Trinajstić information content (AvgIpc) is 2.99. The molecule has 0 saturated carbocycles. The quantitative estimate of drug-likeness (QED) is 0.712. The van der Waals surface area contributed by atoms with Crippen LogP contribution in [0.4, 0.5) is 5.69 Å². The van der Waals surface area contributed by atoms with Gasteiger partial charge in [-0.25, -0.2) is 0 Å². The molecule has 0 aliphatic carbocycles. The zero-order valence-electron chi connectivity index (χ0n) is 10.4. The van der Waals surface area contributed by atoms with E-state index in [0.717, 1.165) is 16.6 Å². The molecule has 0 aliphatic heterocycles. The first-order valence-electron chi connectivity index (χ1n) is 5.91. The Labute approximate surface area is 115 Å². The van der Waals surface area contributed by atoms with Crippen LogP contribution in [0, 0.1) is 0 Å². The maximum atomic E-state index is 12.4. The number of thiophene rings is 1. The Balaban J connectivity index is 2.07. The van der Waals surface area contributed by atoms with E-state index in [1.165, 1.54) is 11.3 Å². The summed E-state index contributed by atoms with van der Waals surface area (Å²) in [5.74, 6) is -0.00222. The first kappa shape index (κ1) is 11.9. The maximum absolute atomic E-state index is 12.4. The summed E-state index contributed by atoms with van der Waals surface area (Å²) in [5.41, 5.74) is 2.49. The number of carbonyl (C=O) groups is 1. The summed E-state index contributed by atoms with van der Waals surface area (Å²) in [7, 11) is 1.79. The Morgan fingerprint density at radius 2 is 2.11 bits per heavy atom. The summed E-state index contributed by atoms with van der Waals surface area (Å²) < 4.78 is 0. The molecule has 1 aromatic carbocycles. The summed E-state index contributed by atoms with van der Waals surface area (Å²) in [5, 5.41) is 4.75. The molecule has 0 atom stereocenters. The molecule has 0 bridgehead atoms. The highest BCUT2D eigenvalue weighted by Crippen LogP contribution is 2.25. The van der Waals surface area contributed by atoms with Crippen LogP contribution in [0.5, 0.6) is 0 Å². The van der Waals surface area contributed by atoms with Crippen molar-refractivity contribution in [3.05, 3.63) is 58.9 Å². The van der Waals surface area contributed by atoms with Gasteiger partial charge in [0.1, 0.15) is 0 Å². The third-order valence-corrected chi connectivity index (χ3v) is 3.74. The molecular formula is C15H12N2OS. The van der Waals surface area contributed by atoms with Gasteiger partial charge >= 0.3 is 0 Å². The predicted molar refractivity (Wildman–Crippen MR) is 78.8 cm³/mol. The van der Waals surface area contributed by atoms with Crippen LogP contribution in [0.15, 0.2) is 53.4 Å². The fourth-order valence-electron chi connectivity index (χ4n) is 2.07. The number of benzene rings is 1. The van der Waals surface area contributed by atoms with Crippen LogP contribution >= 0.6 is 11.3 Å². The number of hydrogen-bond donors (Lipinski definition) is 0. The third kappa shape index (κ3) is 2.11. The second-order valence-electron chi connectivity index (χ2n) is 4.22. The molecule has 0 unspecified atom stereocenters. The van der Waals surface area contributed by atoms with Crippen molar-refractivity contribution < 1.29 is 4.79 Å². The van der Waals surface area contributed by atoms with Crippen LogP contribution in [0.3, 0.4) is 0 Å². The molecule has 0 saturated heterocycles. The van der Waals surface area contributed by atoms with Crippen LogP contribution < -0.4 is 4.90 Å². The second-order valence-corrected chi connectivity index (χ2v) is 5.00. The van der Waals surface area contributed by atoms with Crippen molar-refractivity contribution >= 4 is 33.8 Å². The predicted octanol–water partition coefficient (Wildman–Crippen LogP) is 3.57. The second kappa shape index (κ2) is 4.82. The van der Waals surface area contributed by atoms with Crippen molar-refractivity contribution in [2.45, 2.75) is 0 Å². The van der Waals surface area contributed by atoms with E-state index in [4.69, 9.17) is 0 Å². The highest BCUT2D eigenvalue weighted by molar-refractivity contribution is 7.08. The Hall–Kier alpha value is -2.20. The highest BCUT2D eigenvalue weighted by atomic mass is 32.1. The third-order valence-electron chi connectivity index (χ3n) is 3.06. The first-order valence-corrected chi connectivity index (χ1v) is 6.85. The SMILES string of the molecule is CN(C(=O)c1ccsc1)c1cccc2ncccc12. The van der Waals surface area contributed by atoms with Gasteiger partial charge in [-0.1, -0.05) is 6.07 Å². The van der Waals surface area contributed by atoms with Gasteiger partial charge in [0.2, 0.25) is 0 Å². The Bertz CT molecular complexity index is 717. The van der Waals surface area contributed by atoms with Crippen LogP contribution in [0.1, 0.15) is 10.4 Å². The monoisotopic (exact) mass is 268 g/mol. The van der Waals surface area contributed by atoms with Crippen LogP contribution in [-0.4, -0.2) is 17.9 Å². The van der Waals surface area contributed by atoms with E-state index in [9.17, 15) is 4.79 Å². The zero-order chi connectivity index (χ0) is 13.2. The van der Waals surface area contributed by atoms with Crippen LogP contribution in [0.25, 0.3) is 10.9 Å². The van der Waals surface area contributed by atoms with Gasteiger partial charge in [0, 0.05) is 24.0 Å². The molecule has 1 amide bonds. The van der Waals surface area contributed by atoms with Crippen LogP contribution in [0.2, 0.25) is 0 Å². The lowest BCUT2D eigenvalue weighted by Gasteiger charge is -2.18. The maximum Gasteiger partial charge on any atom is 0.258 e. The molecule has 0 fully saturated rings. The van der Waals surface area contributed by atoms with Crippen molar-refractivity contribution in [1.29, 1.82) is 0 Å². The van der Waals surface area contributed by atoms with Crippen molar-refractivity contribution in [1.82, 2.24) is 4.98 Å². The number of nitrogens with zero attached hydrogens (tertiary/aromatic N) is 2. The van der Waals surface area contributed by atoms with Crippen molar-refractivity contribution in [3.63, 3.8) is 0 Å². The molecule has 2 aromatic heterocycles. The normalized spacial score (nSPS) is 10.6. The number of carbonyl (C=O) groups excluding carboxylic acids is 1. The van der Waals surface area contributed by atoms with E-state index >= 15 is 0 Å². The summed E-state index contributed by atoms with van der Waals surface area (Å²) in [4.78, 5) is 18.3. The molecule has 0 aliphatic rings. The van der Waals surface area contributed by atoms with Gasteiger partial charge in [-0.05, 0) is 35.7 Å². The van der Waals surface area contributed by atoms with Crippen molar-refractivity contribution in [2.75, 3.05) is 11.9 Å². The Kier molecular flexibility index (Phi) is 3.01. The van der Waals surface area contributed by atoms with Gasteiger partial charge in [-0.15, -0.1) is 0 Å². The molecule has 2 heterocycles. The molecule has 0 radical (unpaired) electrons. The van der Waals surface area contributed by atoms with Crippen molar-refractivity contribution in [3.8, 4) is 0 Å². The van der Waals surface area contributed by atoms with Gasteiger partial charge < -0.3 is 4.90 Å². The summed E-state index contributed by atoms with van der Waals surface area (Å²) in [6.07, 6.45) is 1.76. The number of rotatable bonds is 2. The van der Waals surface area contributed by atoms with E-state index < -0.39 is 0 Å². The minimum Gasteiger partial charge on any atom is -0.311 e. The van der Waals surface area contributed by atoms with E-state index in [2.05, 4.69) is 4.98 Å². The van der Waals surface area contributed by atoms with E-state index in [1.54, 1.807) is 18.1 Å². The minimum absolute atomic E-state index is 0.00222. The topological polar surface area (TPSA) is 33.2 Å². The smallest absolute Gasteiger partial charge is 0.258 e. The number of hydrogen-bond acceptors (Lipinski definition) is 3. The number of pyridine rings is 1. The lowest BCUT2D eigenvalue weighted by Crippen LogP contribution is -2.25. The molecule has 19 heavy (non-hydrogen) atoms. The lowest BCUT2D eigenvalue weighted by molar-refractivity contribution is 0.0993. The van der Waals surface area contributed by atoms with Gasteiger partial charge in [0.05, 0.1) is 16.8 Å². The van der Waals surface area contributed by atoms with E-state index in [1.807, 2.05) is 47.2 Å². The number of fused-ring (bicyclic) bond motifs is 1. The molecule has 0 N–H and O–H groups in total. The van der Waals surface area contributed by atoms with Crippen molar-refractivity contribution in [2.24, 2.45) is 0 Å². The van der Waals surface area contributed by atoms with Crippen LogP contribution in [-0.2, 0) is 0 Å². The Morgan fingerprint density at radius 1 is 1.21 bits per heavy atom. The number of aromatic nitrogens is 1. The molecule has 94 valence electrons. The fraction of sp³-hybridized carbons (Fsp3) is 0.0667. The minimum atomic E-state index is -0.00222. The molecule has 0 spiro atoms. The zero-order valence-corrected chi connectivity index (χ0v) is 11.2. The van der Waals surface area contributed by atoms with Gasteiger partial charge in [-0.3, -0.25) is 9.78 Å².